The lowest BCUT2D eigenvalue weighted by Gasteiger charge is -2.11. The summed E-state index contributed by atoms with van der Waals surface area (Å²) < 4.78 is 0. The SMILES string of the molecule is CC(=O)NCCC(=O)NNC(=O)c1cc(-c2cccnc2)nc2ccccc12. The number of carbonyl (C=O) groups is 3. The standard InChI is InChI=1S/C20H19N5O3/c1-13(26)22-10-8-19(27)24-25-20(28)16-11-18(14-5-4-9-21-12-14)23-17-7-3-2-6-15(16)17/h2-7,9,11-12H,8,10H2,1H3,(H,22,26)(H,24,27)(H,25,28). The number of amides is 3. The topological polar surface area (TPSA) is 113 Å². The fourth-order valence-electron chi connectivity index (χ4n) is 2.63. The first-order valence-electron chi connectivity index (χ1n) is 8.68. The van der Waals surface area contributed by atoms with Gasteiger partial charge in [0.15, 0.2) is 0 Å². The van der Waals surface area contributed by atoms with E-state index < -0.39 is 11.8 Å². The summed E-state index contributed by atoms with van der Waals surface area (Å²) >= 11 is 0. The third-order valence-electron chi connectivity index (χ3n) is 3.96. The molecule has 0 spiro atoms. The quantitative estimate of drug-likeness (QED) is 0.585. The fourth-order valence-corrected chi connectivity index (χ4v) is 2.63. The van der Waals surface area contributed by atoms with Crippen LogP contribution in [0.25, 0.3) is 22.2 Å². The van der Waals surface area contributed by atoms with E-state index in [1.165, 1.54) is 6.92 Å². The second kappa shape index (κ2) is 8.72. The molecule has 0 bridgehead atoms. The Morgan fingerprint density at radius 3 is 2.61 bits per heavy atom. The van der Waals surface area contributed by atoms with Gasteiger partial charge in [-0.15, -0.1) is 0 Å². The van der Waals surface area contributed by atoms with E-state index in [9.17, 15) is 14.4 Å². The molecule has 1 aromatic carbocycles. The highest BCUT2D eigenvalue weighted by Gasteiger charge is 2.14. The summed E-state index contributed by atoms with van der Waals surface area (Å²) in [6.07, 6.45) is 3.38. The molecule has 28 heavy (non-hydrogen) atoms. The van der Waals surface area contributed by atoms with Crippen LogP contribution in [0, 0.1) is 0 Å². The number of hydrogen-bond donors (Lipinski definition) is 3. The van der Waals surface area contributed by atoms with Gasteiger partial charge in [-0.05, 0) is 24.3 Å². The van der Waals surface area contributed by atoms with E-state index in [-0.39, 0.29) is 18.9 Å². The molecule has 3 amide bonds. The van der Waals surface area contributed by atoms with Crippen molar-refractivity contribution in [2.75, 3.05) is 6.54 Å². The molecule has 0 atom stereocenters. The van der Waals surface area contributed by atoms with Crippen LogP contribution in [-0.2, 0) is 9.59 Å². The van der Waals surface area contributed by atoms with Crippen LogP contribution in [0.1, 0.15) is 23.7 Å². The predicted octanol–water partition coefficient (Wildman–Crippen LogP) is 1.58. The number of nitrogens with one attached hydrogen (secondary N) is 3. The molecule has 3 aromatic rings. The first-order valence-corrected chi connectivity index (χ1v) is 8.68. The van der Waals surface area contributed by atoms with Crippen LogP contribution in [0.5, 0.6) is 0 Å². The van der Waals surface area contributed by atoms with Gasteiger partial charge in [0.2, 0.25) is 11.8 Å². The Morgan fingerprint density at radius 2 is 1.86 bits per heavy atom. The molecular formula is C20H19N5O3. The molecule has 8 nitrogen and oxygen atoms in total. The van der Waals surface area contributed by atoms with Gasteiger partial charge in [-0.3, -0.25) is 30.2 Å². The molecule has 0 unspecified atom stereocenters. The molecule has 8 heteroatoms. The summed E-state index contributed by atoms with van der Waals surface area (Å²) in [6.45, 7) is 1.56. The van der Waals surface area contributed by atoms with Crippen LogP contribution in [-0.4, -0.2) is 34.2 Å². The number of benzene rings is 1. The highest BCUT2D eigenvalue weighted by Crippen LogP contribution is 2.24. The molecule has 142 valence electrons. The monoisotopic (exact) mass is 377 g/mol. The number of hydrazine groups is 1. The van der Waals surface area contributed by atoms with Gasteiger partial charge in [-0.25, -0.2) is 4.98 Å². The van der Waals surface area contributed by atoms with Gasteiger partial charge < -0.3 is 5.32 Å². The highest BCUT2D eigenvalue weighted by molar-refractivity contribution is 6.07. The fraction of sp³-hybridized carbons (Fsp3) is 0.150. The zero-order valence-corrected chi connectivity index (χ0v) is 15.2. The van der Waals surface area contributed by atoms with Crippen molar-refractivity contribution in [3.8, 4) is 11.3 Å². The number of hydrogen-bond acceptors (Lipinski definition) is 5. The van der Waals surface area contributed by atoms with Crippen molar-refractivity contribution in [1.29, 1.82) is 0 Å². The van der Waals surface area contributed by atoms with Crippen molar-refractivity contribution in [3.05, 3.63) is 60.4 Å². The van der Waals surface area contributed by atoms with Gasteiger partial charge in [-0.1, -0.05) is 18.2 Å². The average molecular weight is 377 g/mol. The Balaban J connectivity index is 1.80. The molecule has 0 aliphatic carbocycles. The van der Waals surface area contributed by atoms with Crippen LogP contribution < -0.4 is 16.2 Å². The van der Waals surface area contributed by atoms with E-state index in [4.69, 9.17) is 0 Å². The lowest BCUT2D eigenvalue weighted by Crippen LogP contribution is -2.42. The number of rotatable bonds is 5. The Morgan fingerprint density at radius 1 is 1.04 bits per heavy atom. The minimum atomic E-state index is -0.461. The Bertz CT molecular complexity index is 1020. The van der Waals surface area contributed by atoms with Crippen molar-refractivity contribution in [1.82, 2.24) is 26.1 Å². The molecular weight excluding hydrogens is 358 g/mol. The van der Waals surface area contributed by atoms with Crippen molar-refractivity contribution < 1.29 is 14.4 Å². The molecule has 3 N–H and O–H groups in total. The molecule has 2 heterocycles. The average Bonchev–Trinajstić information content (AvgIpc) is 2.71. The molecule has 3 rings (SSSR count). The first-order chi connectivity index (χ1) is 13.5. The molecule has 0 aliphatic rings. The van der Waals surface area contributed by atoms with Gasteiger partial charge in [0, 0.05) is 43.2 Å². The van der Waals surface area contributed by atoms with Gasteiger partial charge in [0.25, 0.3) is 5.91 Å². The second-order valence-electron chi connectivity index (χ2n) is 6.05. The van der Waals surface area contributed by atoms with E-state index in [1.807, 2.05) is 24.3 Å². The van der Waals surface area contributed by atoms with Crippen molar-refractivity contribution >= 4 is 28.6 Å². The molecule has 0 aliphatic heterocycles. The van der Waals surface area contributed by atoms with Crippen LogP contribution in [0.2, 0.25) is 0 Å². The van der Waals surface area contributed by atoms with E-state index in [0.29, 0.717) is 22.2 Å². The van der Waals surface area contributed by atoms with E-state index in [2.05, 4.69) is 26.1 Å². The number of aromatic nitrogens is 2. The van der Waals surface area contributed by atoms with Gasteiger partial charge in [-0.2, -0.15) is 0 Å². The maximum atomic E-state index is 12.7. The summed E-state index contributed by atoms with van der Waals surface area (Å²) in [5, 5.41) is 3.19. The number of nitrogens with zero attached hydrogens (tertiary/aromatic N) is 2. The van der Waals surface area contributed by atoms with Crippen molar-refractivity contribution in [3.63, 3.8) is 0 Å². The molecule has 0 saturated heterocycles. The van der Waals surface area contributed by atoms with E-state index in [0.717, 1.165) is 5.56 Å². The predicted molar refractivity (Wildman–Crippen MR) is 104 cm³/mol. The zero-order chi connectivity index (χ0) is 19.9. The number of pyridine rings is 2. The maximum Gasteiger partial charge on any atom is 0.270 e. The smallest absolute Gasteiger partial charge is 0.270 e. The highest BCUT2D eigenvalue weighted by atomic mass is 16.2. The summed E-state index contributed by atoms with van der Waals surface area (Å²) in [4.78, 5) is 44.0. The number of fused-ring (bicyclic) bond motifs is 1. The number of carbonyl (C=O) groups excluding carboxylic acids is 3. The van der Waals surface area contributed by atoms with Crippen LogP contribution in [0.3, 0.4) is 0 Å². The normalized spacial score (nSPS) is 10.3. The second-order valence-corrected chi connectivity index (χ2v) is 6.05. The van der Waals surface area contributed by atoms with Gasteiger partial charge >= 0.3 is 0 Å². The number of para-hydroxylation sites is 1. The maximum absolute atomic E-state index is 12.7. The van der Waals surface area contributed by atoms with Gasteiger partial charge in [0.05, 0.1) is 16.8 Å². The first kappa shape index (κ1) is 19.0. The summed E-state index contributed by atoms with van der Waals surface area (Å²) in [5.74, 6) is -1.09. The van der Waals surface area contributed by atoms with Crippen LogP contribution in [0.4, 0.5) is 0 Å². The lowest BCUT2D eigenvalue weighted by atomic mass is 10.0. The Kier molecular flexibility index (Phi) is 5.91. The third-order valence-corrected chi connectivity index (χ3v) is 3.96. The molecule has 2 aromatic heterocycles. The largest absolute Gasteiger partial charge is 0.356 e. The molecule has 0 fully saturated rings. The Labute approximate surface area is 161 Å². The van der Waals surface area contributed by atoms with Crippen LogP contribution >= 0.6 is 0 Å². The van der Waals surface area contributed by atoms with E-state index >= 15 is 0 Å². The molecule has 0 saturated carbocycles. The van der Waals surface area contributed by atoms with Crippen molar-refractivity contribution in [2.45, 2.75) is 13.3 Å². The Hall–Kier alpha value is -3.81. The lowest BCUT2D eigenvalue weighted by molar-refractivity contribution is -0.122. The summed E-state index contributed by atoms with van der Waals surface area (Å²) in [6, 6.07) is 12.6. The molecule has 0 radical (unpaired) electrons. The van der Waals surface area contributed by atoms with E-state index in [1.54, 1.807) is 30.6 Å². The third kappa shape index (κ3) is 4.67. The minimum Gasteiger partial charge on any atom is -0.356 e. The van der Waals surface area contributed by atoms with Gasteiger partial charge in [0.1, 0.15) is 0 Å². The van der Waals surface area contributed by atoms with Crippen LogP contribution in [0.15, 0.2) is 54.9 Å². The summed E-state index contributed by atoms with van der Waals surface area (Å²) in [5.41, 5.74) is 7.19. The van der Waals surface area contributed by atoms with Crippen molar-refractivity contribution in [2.24, 2.45) is 0 Å². The zero-order valence-electron chi connectivity index (χ0n) is 15.2. The minimum absolute atomic E-state index is 0.0535. The summed E-state index contributed by atoms with van der Waals surface area (Å²) in [7, 11) is 0.